The molecule has 34 heavy (non-hydrogen) atoms. The average molecular weight is 465 g/mol. The van der Waals surface area contributed by atoms with Crippen molar-refractivity contribution >= 4 is 10.9 Å². The lowest BCUT2D eigenvalue weighted by molar-refractivity contribution is 0.0659. The number of hydrogen-bond acceptors (Lipinski definition) is 7. The van der Waals surface area contributed by atoms with Crippen LogP contribution < -0.4 is 10.3 Å². The van der Waals surface area contributed by atoms with Crippen LogP contribution in [-0.4, -0.2) is 61.5 Å². The van der Waals surface area contributed by atoms with Crippen LogP contribution in [0.3, 0.4) is 0 Å². The summed E-state index contributed by atoms with van der Waals surface area (Å²) in [6.07, 6.45) is 0.816. The third kappa shape index (κ3) is 4.42. The van der Waals surface area contributed by atoms with Crippen molar-refractivity contribution in [2.24, 2.45) is 0 Å². The monoisotopic (exact) mass is 464 g/mol. The second kappa shape index (κ2) is 9.32. The van der Waals surface area contributed by atoms with Crippen molar-refractivity contribution in [2.45, 2.75) is 31.5 Å². The predicted molar refractivity (Wildman–Crippen MR) is 123 cm³/mol. The molecule has 1 aliphatic rings. The van der Waals surface area contributed by atoms with Gasteiger partial charge in [-0.05, 0) is 65.2 Å². The van der Waals surface area contributed by atoms with E-state index in [1.807, 2.05) is 18.2 Å². The molecule has 0 bridgehead atoms. The lowest BCUT2D eigenvalue weighted by Gasteiger charge is -2.35. The normalized spacial score (nSPS) is 16.1. The van der Waals surface area contributed by atoms with Gasteiger partial charge in [0, 0.05) is 29.6 Å². The molecule has 3 heterocycles. The van der Waals surface area contributed by atoms with E-state index in [2.05, 4.69) is 25.4 Å². The van der Waals surface area contributed by atoms with Crippen LogP contribution in [0.4, 0.5) is 4.39 Å². The minimum atomic E-state index is -0.526. The number of pyridine rings is 1. The van der Waals surface area contributed by atoms with Gasteiger partial charge in [0.15, 0.2) is 5.82 Å². The first-order chi connectivity index (χ1) is 16.5. The number of tetrazole rings is 1. The summed E-state index contributed by atoms with van der Waals surface area (Å²) < 4.78 is 20.4. The van der Waals surface area contributed by atoms with Gasteiger partial charge in [-0.2, -0.15) is 0 Å². The summed E-state index contributed by atoms with van der Waals surface area (Å²) in [5.41, 5.74) is 1.81. The molecule has 0 saturated carbocycles. The van der Waals surface area contributed by atoms with E-state index in [0.717, 1.165) is 10.9 Å². The minimum absolute atomic E-state index is 0.231. The maximum absolute atomic E-state index is 13.4. The Labute approximate surface area is 194 Å². The summed E-state index contributed by atoms with van der Waals surface area (Å²) in [7, 11) is 1.60. The van der Waals surface area contributed by atoms with E-state index in [9.17, 15) is 14.3 Å². The molecule has 9 nitrogen and oxygen atoms in total. The van der Waals surface area contributed by atoms with Crippen LogP contribution >= 0.6 is 0 Å². The van der Waals surface area contributed by atoms with Crippen molar-refractivity contribution in [3.05, 3.63) is 81.7 Å². The van der Waals surface area contributed by atoms with Crippen LogP contribution in [0, 0.1) is 5.82 Å². The minimum Gasteiger partial charge on any atom is -0.497 e. The van der Waals surface area contributed by atoms with Gasteiger partial charge < -0.3 is 14.8 Å². The van der Waals surface area contributed by atoms with Gasteiger partial charge in [0.25, 0.3) is 5.56 Å². The smallest absolute Gasteiger partial charge is 0.253 e. The van der Waals surface area contributed by atoms with E-state index < -0.39 is 6.04 Å². The number of nitrogens with zero attached hydrogens (tertiary/aromatic N) is 5. The summed E-state index contributed by atoms with van der Waals surface area (Å²) in [6, 6.07) is 13.0. The number of aliphatic hydroxyl groups is 1. The predicted octanol–water partition coefficient (Wildman–Crippen LogP) is 2.26. The second-order valence-electron chi connectivity index (χ2n) is 8.50. The Morgan fingerprint density at radius 1 is 1.18 bits per heavy atom. The number of piperidine rings is 1. The van der Waals surface area contributed by atoms with E-state index >= 15 is 0 Å². The number of nitrogens with one attached hydrogen (secondary N) is 1. The van der Waals surface area contributed by atoms with E-state index in [-0.39, 0.29) is 17.5 Å². The molecule has 0 amide bonds. The molecule has 2 aromatic heterocycles. The van der Waals surface area contributed by atoms with Crippen LogP contribution in [0.15, 0.2) is 53.3 Å². The Morgan fingerprint density at radius 2 is 1.94 bits per heavy atom. The Bertz CT molecular complexity index is 1350. The summed E-state index contributed by atoms with van der Waals surface area (Å²) in [5.74, 6) is 0.876. The van der Waals surface area contributed by atoms with Gasteiger partial charge in [0.1, 0.15) is 17.6 Å². The molecular formula is C24H25FN6O3. The number of aromatic nitrogens is 5. The van der Waals surface area contributed by atoms with Crippen molar-refractivity contribution in [2.75, 3.05) is 20.2 Å². The van der Waals surface area contributed by atoms with Crippen molar-refractivity contribution < 1.29 is 14.2 Å². The number of rotatable bonds is 6. The number of fused-ring (bicyclic) bond motifs is 1. The van der Waals surface area contributed by atoms with Crippen LogP contribution in [0.25, 0.3) is 10.9 Å². The number of ether oxygens (including phenoxy) is 1. The summed E-state index contributed by atoms with van der Waals surface area (Å²) in [6.45, 7) is 1.50. The van der Waals surface area contributed by atoms with E-state index in [1.54, 1.807) is 30.0 Å². The van der Waals surface area contributed by atoms with Gasteiger partial charge in [-0.3, -0.25) is 9.69 Å². The van der Waals surface area contributed by atoms with Gasteiger partial charge >= 0.3 is 0 Å². The van der Waals surface area contributed by atoms with Gasteiger partial charge in [0.2, 0.25) is 0 Å². The molecule has 2 N–H and O–H groups in total. The molecule has 10 heteroatoms. The van der Waals surface area contributed by atoms with Crippen LogP contribution in [-0.2, 0) is 6.54 Å². The van der Waals surface area contributed by atoms with Crippen LogP contribution in [0.2, 0.25) is 0 Å². The van der Waals surface area contributed by atoms with Crippen molar-refractivity contribution in [3.63, 3.8) is 0 Å². The Balaban J connectivity index is 1.60. The van der Waals surface area contributed by atoms with Gasteiger partial charge in [0.05, 0.1) is 19.8 Å². The molecule has 2 aromatic carbocycles. The molecule has 1 saturated heterocycles. The zero-order chi connectivity index (χ0) is 23.7. The van der Waals surface area contributed by atoms with E-state index in [4.69, 9.17) is 4.74 Å². The number of benzene rings is 2. The molecule has 176 valence electrons. The van der Waals surface area contributed by atoms with Crippen molar-refractivity contribution in [3.8, 4) is 5.75 Å². The van der Waals surface area contributed by atoms with Crippen molar-refractivity contribution in [1.82, 2.24) is 30.1 Å². The number of aromatic amines is 1. The quantitative estimate of drug-likeness (QED) is 0.451. The maximum atomic E-state index is 13.4. The fourth-order valence-corrected chi connectivity index (χ4v) is 4.46. The lowest BCUT2D eigenvalue weighted by Crippen LogP contribution is -2.41. The Kier molecular flexibility index (Phi) is 6.08. The SMILES string of the molecule is COc1ccc2[nH]c(=O)c([C@@H](c3nnnn3Cc3ccc(F)cc3)N3CCC(O)CC3)cc2c1. The zero-order valence-corrected chi connectivity index (χ0v) is 18.7. The molecule has 0 spiro atoms. The standard InChI is InChI=1S/C24H25FN6O3/c1-34-19-6-7-21-16(12-19)13-20(24(33)26-21)22(30-10-8-18(32)9-11-30)23-27-28-29-31(23)14-15-2-4-17(25)5-3-15/h2-7,12-13,18,22,32H,8-11,14H2,1H3,(H,26,33)/t22-/m0/s1. The molecule has 1 atom stereocenters. The highest BCUT2D eigenvalue weighted by molar-refractivity contribution is 5.80. The molecule has 0 radical (unpaired) electrons. The number of H-pyrrole nitrogens is 1. The summed E-state index contributed by atoms with van der Waals surface area (Å²) in [4.78, 5) is 18.3. The fourth-order valence-electron chi connectivity index (χ4n) is 4.46. The van der Waals surface area contributed by atoms with Crippen molar-refractivity contribution in [1.29, 1.82) is 0 Å². The number of likely N-dealkylation sites (tertiary alicyclic amines) is 1. The first-order valence-corrected chi connectivity index (χ1v) is 11.2. The van der Waals surface area contributed by atoms with Gasteiger partial charge in [-0.15, -0.1) is 5.10 Å². The lowest BCUT2D eigenvalue weighted by atomic mass is 9.99. The fraction of sp³-hybridized carbons (Fsp3) is 0.333. The van der Waals surface area contributed by atoms with Gasteiger partial charge in [-0.25, -0.2) is 9.07 Å². The first kappa shape index (κ1) is 22.2. The number of halogens is 1. The van der Waals surface area contributed by atoms with Crippen LogP contribution in [0.1, 0.15) is 35.8 Å². The Hall–Kier alpha value is -3.63. The highest BCUT2D eigenvalue weighted by atomic mass is 19.1. The third-order valence-electron chi connectivity index (χ3n) is 6.29. The molecular weight excluding hydrogens is 439 g/mol. The van der Waals surface area contributed by atoms with E-state index in [0.29, 0.717) is 55.1 Å². The maximum Gasteiger partial charge on any atom is 0.253 e. The topological polar surface area (TPSA) is 109 Å². The molecule has 1 aliphatic heterocycles. The number of hydrogen-bond donors (Lipinski definition) is 2. The summed E-state index contributed by atoms with van der Waals surface area (Å²) in [5, 5.41) is 23.2. The molecule has 4 aromatic rings. The van der Waals surface area contributed by atoms with Crippen LogP contribution in [0.5, 0.6) is 5.75 Å². The third-order valence-corrected chi connectivity index (χ3v) is 6.29. The number of methoxy groups -OCH3 is 1. The highest BCUT2D eigenvalue weighted by Gasteiger charge is 2.32. The summed E-state index contributed by atoms with van der Waals surface area (Å²) >= 11 is 0. The molecule has 1 fully saturated rings. The average Bonchev–Trinajstić information content (AvgIpc) is 3.29. The Morgan fingerprint density at radius 3 is 2.68 bits per heavy atom. The van der Waals surface area contributed by atoms with Gasteiger partial charge in [-0.1, -0.05) is 12.1 Å². The highest BCUT2D eigenvalue weighted by Crippen LogP contribution is 2.30. The molecule has 0 unspecified atom stereocenters. The van der Waals surface area contributed by atoms with E-state index in [1.165, 1.54) is 12.1 Å². The molecule has 0 aliphatic carbocycles. The second-order valence-corrected chi connectivity index (χ2v) is 8.50. The molecule has 5 rings (SSSR count). The first-order valence-electron chi connectivity index (χ1n) is 11.2. The zero-order valence-electron chi connectivity index (χ0n) is 18.7. The largest absolute Gasteiger partial charge is 0.497 e. The number of aliphatic hydroxyl groups excluding tert-OH is 1.